The van der Waals surface area contributed by atoms with Gasteiger partial charge in [-0.2, -0.15) is 15.6 Å². The molecule has 0 bridgehead atoms. The minimum absolute atomic E-state index is 0.0146. The Morgan fingerprint density at radius 3 is 2.42 bits per heavy atom. The largest absolute Gasteiger partial charge is 0.453 e. The minimum Gasteiger partial charge on any atom is -0.453 e. The molecule has 6 nitrogen and oxygen atoms in total. The number of aliphatic hydroxyl groups excluding tert-OH is 1. The van der Waals surface area contributed by atoms with Crippen molar-refractivity contribution in [1.29, 1.82) is 10.5 Å². The Hall–Kier alpha value is -2.83. The number of hydrogen-bond acceptors (Lipinski definition) is 5. The lowest BCUT2D eigenvalue weighted by molar-refractivity contribution is 0.267. The maximum Gasteiger partial charge on any atom is 0.171 e. The molecule has 2 aromatic rings. The van der Waals surface area contributed by atoms with E-state index in [0.29, 0.717) is 35.1 Å². The number of benzene rings is 1. The zero-order valence-corrected chi connectivity index (χ0v) is 13.5. The van der Waals surface area contributed by atoms with E-state index in [1.54, 1.807) is 16.8 Å². The molecule has 0 aliphatic heterocycles. The normalized spacial score (nSPS) is 13.3. The molecule has 0 radical (unpaired) electrons. The van der Waals surface area contributed by atoms with E-state index in [2.05, 4.69) is 5.10 Å². The molecule has 1 aliphatic rings. The van der Waals surface area contributed by atoms with Crippen molar-refractivity contribution in [3.05, 3.63) is 40.7 Å². The lowest BCUT2D eigenvalue weighted by atomic mass is 10.1. The molecule has 0 unspecified atom stereocenters. The second-order valence-electron chi connectivity index (χ2n) is 5.81. The number of nitrogens with zero attached hydrogens (tertiary/aromatic N) is 4. The van der Waals surface area contributed by atoms with E-state index in [1.807, 2.05) is 19.1 Å². The van der Waals surface area contributed by atoms with Gasteiger partial charge in [0.1, 0.15) is 11.4 Å². The number of aliphatic hydroxyl groups is 1. The van der Waals surface area contributed by atoms with Crippen LogP contribution in [0.3, 0.4) is 0 Å². The van der Waals surface area contributed by atoms with Gasteiger partial charge in [-0.15, -0.1) is 0 Å². The SMILES string of the molecule is CCc1c(Oc2cc(C#N)cc(C#N)c2)c(C2CC2)nn1CCO. The average Bonchev–Trinajstić information content (AvgIpc) is 3.39. The molecule has 1 fully saturated rings. The highest BCUT2D eigenvalue weighted by atomic mass is 16.5. The van der Waals surface area contributed by atoms with Crippen LogP contribution in [0.15, 0.2) is 18.2 Å². The molecule has 1 saturated carbocycles. The Bertz CT molecular complexity index is 806. The third kappa shape index (κ3) is 3.10. The molecule has 0 saturated heterocycles. The number of hydrogen-bond donors (Lipinski definition) is 1. The summed E-state index contributed by atoms with van der Waals surface area (Å²) in [5.41, 5.74) is 2.60. The van der Waals surface area contributed by atoms with Crippen LogP contribution in [-0.2, 0) is 13.0 Å². The first-order valence-electron chi connectivity index (χ1n) is 8.03. The molecular formula is C18H18N4O2. The predicted octanol–water partition coefficient (Wildman–Crippen LogP) is 2.85. The van der Waals surface area contributed by atoms with E-state index in [4.69, 9.17) is 15.3 Å². The Balaban J connectivity index is 2.03. The topological polar surface area (TPSA) is 94.9 Å². The Morgan fingerprint density at radius 1 is 1.25 bits per heavy atom. The smallest absolute Gasteiger partial charge is 0.171 e. The first kappa shape index (κ1) is 16.0. The standard InChI is InChI=1S/C18H18N4O2/c1-2-16-18(17(14-3-4-14)21-22(16)5-6-23)24-15-8-12(10-19)7-13(9-15)11-20/h7-9,14,23H,2-6H2,1H3. The summed E-state index contributed by atoms with van der Waals surface area (Å²) < 4.78 is 7.87. The highest BCUT2D eigenvalue weighted by Gasteiger charge is 2.32. The molecule has 0 amide bonds. The minimum atomic E-state index is 0.0146. The summed E-state index contributed by atoms with van der Waals surface area (Å²) in [6.07, 6.45) is 2.88. The van der Waals surface area contributed by atoms with Crippen molar-refractivity contribution in [2.75, 3.05) is 6.61 Å². The summed E-state index contributed by atoms with van der Waals surface area (Å²) in [5, 5.41) is 32.1. The molecule has 6 heteroatoms. The van der Waals surface area contributed by atoms with Crippen LogP contribution in [0.2, 0.25) is 0 Å². The Morgan fingerprint density at radius 2 is 1.92 bits per heavy atom. The van der Waals surface area contributed by atoms with Crippen LogP contribution in [0.5, 0.6) is 11.5 Å². The molecule has 1 N–H and O–H groups in total. The van der Waals surface area contributed by atoms with Crippen LogP contribution in [0.25, 0.3) is 0 Å². The summed E-state index contributed by atoms with van der Waals surface area (Å²) in [7, 11) is 0. The highest BCUT2D eigenvalue weighted by molar-refractivity contribution is 5.48. The van der Waals surface area contributed by atoms with Crippen LogP contribution in [0.1, 0.15) is 48.2 Å². The van der Waals surface area contributed by atoms with Crippen LogP contribution < -0.4 is 4.74 Å². The van der Waals surface area contributed by atoms with Gasteiger partial charge in [0, 0.05) is 5.92 Å². The monoisotopic (exact) mass is 322 g/mol. The van der Waals surface area contributed by atoms with E-state index < -0.39 is 0 Å². The zero-order valence-electron chi connectivity index (χ0n) is 13.5. The van der Waals surface area contributed by atoms with E-state index in [0.717, 1.165) is 30.7 Å². The van der Waals surface area contributed by atoms with Crippen molar-refractivity contribution in [3.8, 4) is 23.6 Å². The van der Waals surface area contributed by atoms with Gasteiger partial charge < -0.3 is 9.84 Å². The van der Waals surface area contributed by atoms with Gasteiger partial charge in [0.2, 0.25) is 0 Å². The number of ether oxygens (including phenoxy) is 1. The summed E-state index contributed by atoms with van der Waals surface area (Å²) in [4.78, 5) is 0. The van der Waals surface area contributed by atoms with Crippen LogP contribution in [0.4, 0.5) is 0 Å². The number of aromatic nitrogens is 2. The molecular weight excluding hydrogens is 304 g/mol. The third-order valence-electron chi connectivity index (χ3n) is 4.03. The maximum atomic E-state index is 9.25. The van der Waals surface area contributed by atoms with Crippen molar-refractivity contribution < 1.29 is 9.84 Å². The van der Waals surface area contributed by atoms with Crippen molar-refractivity contribution in [1.82, 2.24) is 9.78 Å². The predicted molar refractivity (Wildman–Crippen MR) is 86.6 cm³/mol. The van der Waals surface area contributed by atoms with Crippen LogP contribution in [-0.4, -0.2) is 21.5 Å². The lowest BCUT2D eigenvalue weighted by Gasteiger charge is -2.09. The molecule has 1 heterocycles. The van der Waals surface area contributed by atoms with Gasteiger partial charge in [-0.1, -0.05) is 6.92 Å². The van der Waals surface area contributed by atoms with Gasteiger partial charge in [0.15, 0.2) is 5.75 Å². The lowest BCUT2D eigenvalue weighted by Crippen LogP contribution is -2.08. The molecule has 1 aromatic heterocycles. The Labute approximate surface area is 140 Å². The molecule has 3 rings (SSSR count). The number of nitriles is 2. The van der Waals surface area contributed by atoms with E-state index >= 15 is 0 Å². The fraction of sp³-hybridized carbons (Fsp3) is 0.389. The second-order valence-corrected chi connectivity index (χ2v) is 5.81. The highest BCUT2D eigenvalue weighted by Crippen LogP contribution is 2.46. The summed E-state index contributed by atoms with van der Waals surface area (Å²) in [6.45, 7) is 2.45. The van der Waals surface area contributed by atoms with Gasteiger partial charge in [0.25, 0.3) is 0 Å². The molecule has 1 aromatic carbocycles. The van der Waals surface area contributed by atoms with Crippen molar-refractivity contribution in [2.24, 2.45) is 0 Å². The average molecular weight is 322 g/mol. The molecule has 122 valence electrons. The van der Waals surface area contributed by atoms with Gasteiger partial charge >= 0.3 is 0 Å². The fourth-order valence-corrected chi connectivity index (χ4v) is 2.76. The first-order chi connectivity index (χ1) is 11.7. The van der Waals surface area contributed by atoms with Gasteiger partial charge in [-0.25, -0.2) is 0 Å². The second kappa shape index (κ2) is 6.74. The van der Waals surface area contributed by atoms with Gasteiger partial charge in [0.05, 0.1) is 42.1 Å². The quantitative estimate of drug-likeness (QED) is 0.882. The number of rotatable bonds is 6. The first-order valence-corrected chi connectivity index (χ1v) is 8.03. The van der Waals surface area contributed by atoms with E-state index in [-0.39, 0.29) is 6.61 Å². The molecule has 0 spiro atoms. The van der Waals surface area contributed by atoms with Crippen LogP contribution >= 0.6 is 0 Å². The fourth-order valence-electron chi connectivity index (χ4n) is 2.76. The van der Waals surface area contributed by atoms with Gasteiger partial charge in [-0.05, 0) is 37.5 Å². The third-order valence-corrected chi connectivity index (χ3v) is 4.03. The molecule has 0 atom stereocenters. The summed E-state index contributed by atoms with van der Waals surface area (Å²) >= 11 is 0. The van der Waals surface area contributed by atoms with Gasteiger partial charge in [-0.3, -0.25) is 4.68 Å². The molecule has 1 aliphatic carbocycles. The van der Waals surface area contributed by atoms with Crippen LogP contribution in [0, 0.1) is 22.7 Å². The Kier molecular flexibility index (Phi) is 4.50. The van der Waals surface area contributed by atoms with E-state index in [9.17, 15) is 5.11 Å². The van der Waals surface area contributed by atoms with E-state index in [1.165, 1.54) is 6.07 Å². The molecule has 24 heavy (non-hydrogen) atoms. The zero-order chi connectivity index (χ0) is 17.1. The summed E-state index contributed by atoms with van der Waals surface area (Å²) in [5.74, 6) is 1.55. The van der Waals surface area contributed by atoms with Crippen molar-refractivity contribution >= 4 is 0 Å². The summed E-state index contributed by atoms with van der Waals surface area (Å²) in [6, 6.07) is 8.88. The van der Waals surface area contributed by atoms with Crippen molar-refractivity contribution in [2.45, 2.75) is 38.6 Å². The van der Waals surface area contributed by atoms with Crippen molar-refractivity contribution in [3.63, 3.8) is 0 Å². The maximum absolute atomic E-state index is 9.25.